The summed E-state index contributed by atoms with van der Waals surface area (Å²) in [6.45, 7) is 11.5. The molecule has 4 nitrogen and oxygen atoms in total. The Balaban J connectivity index is 2.37. The Morgan fingerprint density at radius 2 is 1.86 bits per heavy atom. The molecule has 1 aliphatic heterocycles. The van der Waals surface area contributed by atoms with Crippen molar-refractivity contribution < 1.29 is 13.9 Å². The topological polar surface area (TPSA) is 62.1 Å². The van der Waals surface area contributed by atoms with E-state index in [1.165, 1.54) is 6.07 Å². The molecular formula is C27H30BrCl2FN2O2. The van der Waals surface area contributed by atoms with Crippen molar-refractivity contribution in [2.75, 3.05) is 0 Å². The van der Waals surface area contributed by atoms with E-state index >= 15 is 4.39 Å². The minimum Gasteiger partial charge on any atom is -0.459 e. The maximum Gasteiger partial charge on any atom is 0.324 e. The van der Waals surface area contributed by atoms with Crippen LogP contribution < -0.4 is 5.32 Å². The van der Waals surface area contributed by atoms with Crippen LogP contribution in [0.15, 0.2) is 40.9 Å². The molecule has 0 bridgehead atoms. The molecular weight excluding hydrogens is 554 g/mol. The monoisotopic (exact) mass is 582 g/mol. The van der Waals surface area contributed by atoms with Crippen molar-refractivity contribution in [2.45, 2.75) is 77.0 Å². The first kappa shape index (κ1) is 27.9. The van der Waals surface area contributed by atoms with E-state index in [1.54, 1.807) is 51.1 Å². The van der Waals surface area contributed by atoms with E-state index in [9.17, 15) is 10.1 Å². The number of hydrogen-bond acceptors (Lipinski definition) is 4. The van der Waals surface area contributed by atoms with Gasteiger partial charge in [-0.1, -0.05) is 78.1 Å². The van der Waals surface area contributed by atoms with Crippen LogP contribution >= 0.6 is 39.1 Å². The van der Waals surface area contributed by atoms with Crippen molar-refractivity contribution >= 4 is 45.1 Å². The van der Waals surface area contributed by atoms with E-state index in [1.807, 2.05) is 0 Å². The van der Waals surface area contributed by atoms with Crippen LogP contribution in [0.4, 0.5) is 4.39 Å². The van der Waals surface area contributed by atoms with Crippen LogP contribution in [0.25, 0.3) is 0 Å². The van der Waals surface area contributed by atoms with Gasteiger partial charge in [0.1, 0.15) is 22.9 Å². The SMILES string of the molecule is CC(C)(C)C[C@@H]1N[C@@H](C(=O)OC(C)(C)C)[C@H](c2cccc(Cl)c2F)[C@@]1(C#N)c1ccc(Cl)cc1Br. The Hall–Kier alpha value is -1.65. The number of nitrogens with zero attached hydrogens (tertiary/aromatic N) is 1. The fraction of sp³-hybridized carbons (Fsp3) is 0.481. The number of ether oxygens (including phenoxy) is 1. The molecule has 4 atom stereocenters. The lowest BCUT2D eigenvalue weighted by Crippen LogP contribution is -2.44. The molecule has 0 unspecified atom stereocenters. The molecule has 0 amide bonds. The molecule has 0 aromatic heterocycles. The van der Waals surface area contributed by atoms with Crippen LogP contribution in [-0.2, 0) is 14.9 Å². The van der Waals surface area contributed by atoms with Crippen LogP contribution in [-0.4, -0.2) is 23.7 Å². The van der Waals surface area contributed by atoms with E-state index in [0.29, 0.717) is 21.5 Å². The van der Waals surface area contributed by atoms with Gasteiger partial charge in [-0.3, -0.25) is 10.1 Å². The zero-order valence-corrected chi connectivity index (χ0v) is 23.8. The van der Waals surface area contributed by atoms with E-state index in [4.69, 9.17) is 27.9 Å². The van der Waals surface area contributed by atoms with Crippen molar-refractivity contribution in [3.63, 3.8) is 0 Å². The standard InChI is InChI=1S/C27H30BrCl2FN2O2/c1-25(2,3)13-20-27(14-32,17-11-10-15(29)12-18(17)28)21(16-8-7-9-19(30)22(16)31)23(33-20)24(34)35-26(4,5)6/h7-12,20-21,23,33H,13H2,1-6H3/t20-,21-,23+,27-/m0/s1. The Bertz CT molecular complexity index is 1170. The average molecular weight is 584 g/mol. The Morgan fingerprint density at radius 3 is 2.40 bits per heavy atom. The van der Waals surface area contributed by atoms with Gasteiger partial charge < -0.3 is 4.74 Å². The van der Waals surface area contributed by atoms with Crippen molar-refractivity contribution in [2.24, 2.45) is 5.41 Å². The van der Waals surface area contributed by atoms with Crippen LogP contribution in [0, 0.1) is 22.6 Å². The van der Waals surface area contributed by atoms with Gasteiger partial charge in [0.25, 0.3) is 0 Å². The summed E-state index contributed by atoms with van der Waals surface area (Å²) in [6.07, 6.45) is 0.535. The van der Waals surface area contributed by atoms with Gasteiger partial charge in [0, 0.05) is 21.5 Å². The molecule has 1 aliphatic rings. The number of carbonyl (C=O) groups excluding carboxylic acids is 1. The van der Waals surface area contributed by atoms with Crippen LogP contribution in [0.3, 0.4) is 0 Å². The third-order valence-electron chi connectivity index (χ3n) is 6.11. The zero-order chi connectivity index (χ0) is 26.3. The van der Waals surface area contributed by atoms with E-state index in [0.717, 1.165) is 0 Å². The highest BCUT2D eigenvalue weighted by Gasteiger charge is 2.61. The summed E-state index contributed by atoms with van der Waals surface area (Å²) in [6, 6.07) is 10.8. The summed E-state index contributed by atoms with van der Waals surface area (Å²) in [4.78, 5) is 13.5. The summed E-state index contributed by atoms with van der Waals surface area (Å²) in [5.41, 5.74) is -1.53. The number of rotatable bonds is 4. The van der Waals surface area contributed by atoms with E-state index in [-0.39, 0.29) is 16.0 Å². The molecule has 2 aromatic carbocycles. The quantitative estimate of drug-likeness (QED) is 0.377. The average Bonchev–Trinajstić information content (AvgIpc) is 3.02. The molecule has 3 rings (SSSR count). The van der Waals surface area contributed by atoms with E-state index < -0.39 is 40.8 Å². The predicted molar refractivity (Wildman–Crippen MR) is 141 cm³/mol. The Labute approximate surface area is 225 Å². The maximum atomic E-state index is 15.6. The highest BCUT2D eigenvalue weighted by atomic mass is 79.9. The molecule has 0 saturated carbocycles. The molecule has 1 heterocycles. The Kier molecular flexibility index (Phi) is 7.99. The van der Waals surface area contributed by atoms with Gasteiger partial charge in [-0.25, -0.2) is 4.39 Å². The number of esters is 1. The van der Waals surface area contributed by atoms with Gasteiger partial charge in [-0.2, -0.15) is 5.26 Å². The predicted octanol–water partition coefficient (Wildman–Crippen LogP) is 7.56. The third kappa shape index (κ3) is 5.69. The van der Waals surface area contributed by atoms with Crippen molar-refractivity contribution in [3.8, 4) is 6.07 Å². The van der Waals surface area contributed by atoms with Gasteiger partial charge in [-0.15, -0.1) is 0 Å². The molecule has 0 aliphatic carbocycles. The summed E-state index contributed by atoms with van der Waals surface area (Å²) in [5.74, 6) is -2.13. The number of halogens is 4. The minimum atomic E-state index is -1.34. The minimum absolute atomic E-state index is 0.0771. The lowest BCUT2D eigenvalue weighted by atomic mass is 9.63. The van der Waals surface area contributed by atoms with Gasteiger partial charge >= 0.3 is 5.97 Å². The van der Waals surface area contributed by atoms with Crippen LogP contribution in [0.2, 0.25) is 10.0 Å². The lowest BCUT2D eigenvalue weighted by Gasteiger charge is -2.38. The van der Waals surface area contributed by atoms with Crippen molar-refractivity contribution in [1.29, 1.82) is 5.26 Å². The van der Waals surface area contributed by atoms with Gasteiger partial charge in [0.2, 0.25) is 0 Å². The summed E-state index contributed by atoms with van der Waals surface area (Å²) >= 11 is 16.0. The lowest BCUT2D eigenvalue weighted by molar-refractivity contribution is -0.157. The Morgan fingerprint density at radius 1 is 1.20 bits per heavy atom. The molecule has 188 valence electrons. The smallest absolute Gasteiger partial charge is 0.324 e. The fourth-order valence-corrected chi connectivity index (χ4v) is 6.09. The molecule has 2 aromatic rings. The molecule has 8 heteroatoms. The summed E-state index contributed by atoms with van der Waals surface area (Å²) in [7, 11) is 0. The molecule has 1 fully saturated rings. The number of carbonyl (C=O) groups is 1. The second kappa shape index (κ2) is 10.0. The van der Waals surface area contributed by atoms with Crippen LogP contribution in [0.5, 0.6) is 0 Å². The van der Waals surface area contributed by atoms with Crippen LogP contribution in [0.1, 0.15) is 65.0 Å². The number of hydrogen-bond donors (Lipinski definition) is 1. The van der Waals surface area contributed by atoms with Crippen molar-refractivity contribution in [3.05, 3.63) is 67.9 Å². The second-order valence-electron chi connectivity index (χ2n) is 11.2. The van der Waals surface area contributed by atoms with Gasteiger partial charge in [-0.05, 0) is 61.9 Å². The molecule has 35 heavy (non-hydrogen) atoms. The molecule has 0 spiro atoms. The normalized spacial score (nSPS) is 24.8. The van der Waals surface area contributed by atoms with Gasteiger partial charge in [0.05, 0.1) is 11.1 Å². The summed E-state index contributed by atoms with van der Waals surface area (Å²) in [5, 5.41) is 14.7. The molecule has 0 radical (unpaired) electrons. The van der Waals surface area contributed by atoms with E-state index in [2.05, 4.69) is 48.1 Å². The largest absolute Gasteiger partial charge is 0.459 e. The first-order valence-corrected chi connectivity index (χ1v) is 13.0. The highest BCUT2D eigenvalue weighted by molar-refractivity contribution is 9.10. The zero-order valence-electron chi connectivity index (χ0n) is 20.7. The molecule has 1 N–H and O–H groups in total. The maximum absolute atomic E-state index is 15.6. The fourth-order valence-electron chi connectivity index (χ4n) is 4.90. The first-order valence-electron chi connectivity index (χ1n) is 11.4. The first-order chi connectivity index (χ1) is 16.1. The second-order valence-corrected chi connectivity index (χ2v) is 12.9. The number of nitriles is 1. The number of benzene rings is 2. The highest BCUT2D eigenvalue weighted by Crippen LogP contribution is 2.54. The van der Waals surface area contributed by atoms with Gasteiger partial charge in [0.15, 0.2) is 0 Å². The third-order valence-corrected chi connectivity index (χ3v) is 7.29. The number of nitrogens with one attached hydrogen (secondary N) is 1. The van der Waals surface area contributed by atoms with Crippen molar-refractivity contribution in [1.82, 2.24) is 5.32 Å². The molecule has 1 saturated heterocycles. The summed E-state index contributed by atoms with van der Waals surface area (Å²) < 4.78 is 21.9.